The minimum absolute atomic E-state index is 0.0373. The van der Waals surface area contributed by atoms with E-state index in [1.165, 1.54) is 3.57 Å². The van der Waals surface area contributed by atoms with Gasteiger partial charge in [0, 0.05) is 9.61 Å². The Morgan fingerprint density at radius 2 is 2.27 bits per heavy atom. The molecule has 58 valence electrons. The fourth-order valence-electron chi connectivity index (χ4n) is 0.850. The standard InChI is InChI=1S/C9H10IN/c1-2-9(11)7-4-3-5-8(10)6-7/h2-6,9H,1,11H2/t9-/m0/s1. The predicted octanol–water partition coefficient (Wildman–Crippen LogP) is 2.48. The molecule has 1 atom stereocenters. The zero-order chi connectivity index (χ0) is 8.27. The lowest BCUT2D eigenvalue weighted by Crippen LogP contribution is -2.06. The van der Waals surface area contributed by atoms with Gasteiger partial charge in [0.05, 0.1) is 0 Å². The molecule has 0 aromatic heterocycles. The third-order valence-electron chi connectivity index (χ3n) is 1.49. The van der Waals surface area contributed by atoms with E-state index in [2.05, 4.69) is 35.2 Å². The highest BCUT2D eigenvalue weighted by Crippen LogP contribution is 2.13. The highest BCUT2D eigenvalue weighted by atomic mass is 127. The molecule has 0 radical (unpaired) electrons. The number of rotatable bonds is 2. The van der Waals surface area contributed by atoms with Crippen molar-refractivity contribution in [1.82, 2.24) is 0 Å². The second-order valence-electron chi connectivity index (χ2n) is 2.32. The normalized spacial score (nSPS) is 12.5. The first-order chi connectivity index (χ1) is 5.24. The van der Waals surface area contributed by atoms with Gasteiger partial charge in [-0.3, -0.25) is 0 Å². The van der Waals surface area contributed by atoms with Gasteiger partial charge in [-0.2, -0.15) is 0 Å². The molecule has 0 aliphatic heterocycles. The summed E-state index contributed by atoms with van der Waals surface area (Å²) in [6, 6.07) is 8.08. The smallest absolute Gasteiger partial charge is 0.0478 e. The van der Waals surface area contributed by atoms with Crippen molar-refractivity contribution in [2.24, 2.45) is 5.73 Å². The Hall–Kier alpha value is -0.350. The summed E-state index contributed by atoms with van der Waals surface area (Å²) in [6.45, 7) is 3.64. The van der Waals surface area contributed by atoms with Crippen molar-refractivity contribution in [3.63, 3.8) is 0 Å². The van der Waals surface area contributed by atoms with Gasteiger partial charge in [0.15, 0.2) is 0 Å². The van der Waals surface area contributed by atoms with Gasteiger partial charge in [0.25, 0.3) is 0 Å². The fourth-order valence-corrected chi connectivity index (χ4v) is 1.42. The number of hydrogen-bond donors (Lipinski definition) is 1. The zero-order valence-corrected chi connectivity index (χ0v) is 8.28. The van der Waals surface area contributed by atoms with Crippen molar-refractivity contribution in [3.8, 4) is 0 Å². The molecular weight excluding hydrogens is 249 g/mol. The molecule has 0 saturated carbocycles. The molecule has 2 heteroatoms. The molecule has 0 aliphatic rings. The highest BCUT2D eigenvalue weighted by molar-refractivity contribution is 14.1. The third kappa shape index (κ3) is 2.31. The van der Waals surface area contributed by atoms with E-state index in [0.29, 0.717) is 0 Å². The lowest BCUT2D eigenvalue weighted by molar-refractivity contribution is 0.913. The second-order valence-corrected chi connectivity index (χ2v) is 3.56. The number of halogens is 1. The monoisotopic (exact) mass is 259 g/mol. The van der Waals surface area contributed by atoms with E-state index >= 15 is 0 Å². The molecule has 1 aromatic rings. The molecule has 0 saturated heterocycles. The quantitative estimate of drug-likeness (QED) is 0.640. The molecule has 2 N–H and O–H groups in total. The second kappa shape index (κ2) is 3.88. The minimum Gasteiger partial charge on any atom is -0.321 e. The van der Waals surface area contributed by atoms with Crippen molar-refractivity contribution in [3.05, 3.63) is 46.1 Å². The van der Waals surface area contributed by atoms with Crippen molar-refractivity contribution in [2.45, 2.75) is 6.04 Å². The summed E-state index contributed by atoms with van der Waals surface area (Å²) in [5.74, 6) is 0. The molecule has 0 heterocycles. The molecule has 0 fully saturated rings. The molecule has 0 unspecified atom stereocenters. The summed E-state index contributed by atoms with van der Waals surface area (Å²) < 4.78 is 1.21. The lowest BCUT2D eigenvalue weighted by atomic mass is 10.1. The average Bonchev–Trinajstić information content (AvgIpc) is 2.03. The van der Waals surface area contributed by atoms with Gasteiger partial charge in [-0.25, -0.2) is 0 Å². The van der Waals surface area contributed by atoms with E-state index in [1.54, 1.807) is 6.08 Å². The van der Waals surface area contributed by atoms with Crippen LogP contribution in [0.25, 0.3) is 0 Å². The van der Waals surface area contributed by atoms with Gasteiger partial charge < -0.3 is 5.73 Å². The van der Waals surface area contributed by atoms with Crippen LogP contribution in [0.15, 0.2) is 36.9 Å². The lowest BCUT2D eigenvalue weighted by Gasteiger charge is -2.05. The van der Waals surface area contributed by atoms with Gasteiger partial charge >= 0.3 is 0 Å². The molecular formula is C9H10IN. The largest absolute Gasteiger partial charge is 0.321 e. The zero-order valence-electron chi connectivity index (χ0n) is 6.13. The number of hydrogen-bond acceptors (Lipinski definition) is 1. The SMILES string of the molecule is C=C[C@H](N)c1cccc(I)c1. The van der Waals surface area contributed by atoms with E-state index in [9.17, 15) is 0 Å². The van der Waals surface area contributed by atoms with Crippen LogP contribution in [-0.2, 0) is 0 Å². The van der Waals surface area contributed by atoms with Crippen LogP contribution in [0.3, 0.4) is 0 Å². The Bertz CT molecular complexity index is 257. The van der Waals surface area contributed by atoms with Gasteiger partial charge in [0.1, 0.15) is 0 Å². The minimum atomic E-state index is -0.0373. The summed E-state index contributed by atoms with van der Waals surface area (Å²) in [5.41, 5.74) is 6.86. The summed E-state index contributed by atoms with van der Waals surface area (Å²) in [4.78, 5) is 0. The fraction of sp³-hybridized carbons (Fsp3) is 0.111. The Labute approximate surface area is 80.4 Å². The van der Waals surface area contributed by atoms with E-state index in [4.69, 9.17) is 5.73 Å². The summed E-state index contributed by atoms with van der Waals surface area (Å²) in [5, 5.41) is 0. The Kier molecular flexibility index (Phi) is 3.08. The van der Waals surface area contributed by atoms with Crippen LogP contribution in [-0.4, -0.2) is 0 Å². The Balaban J connectivity index is 2.95. The van der Waals surface area contributed by atoms with Crippen molar-refractivity contribution < 1.29 is 0 Å². The summed E-state index contributed by atoms with van der Waals surface area (Å²) >= 11 is 2.27. The molecule has 0 bridgehead atoms. The van der Waals surface area contributed by atoms with Gasteiger partial charge in [-0.1, -0.05) is 18.2 Å². The maximum Gasteiger partial charge on any atom is 0.0478 e. The van der Waals surface area contributed by atoms with E-state index in [1.807, 2.05) is 18.2 Å². The van der Waals surface area contributed by atoms with Crippen LogP contribution in [0, 0.1) is 3.57 Å². The average molecular weight is 259 g/mol. The first kappa shape index (κ1) is 8.74. The molecule has 0 aliphatic carbocycles. The summed E-state index contributed by atoms with van der Waals surface area (Å²) in [7, 11) is 0. The van der Waals surface area contributed by atoms with Gasteiger partial charge in [0.2, 0.25) is 0 Å². The molecule has 1 nitrogen and oxygen atoms in total. The van der Waals surface area contributed by atoms with Gasteiger partial charge in [-0.05, 0) is 40.3 Å². The van der Waals surface area contributed by atoms with E-state index in [0.717, 1.165) is 5.56 Å². The highest BCUT2D eigenvalue weighted by Gasteiger charge is 1.99. The maximum absolute atomic E-state index is 5.74. The molecule has 0 spiro atoms. The predicted molar refractivity (Wildman–Crippen MR) is 56.3 cm³/mol. The summed E-state index contributed by atoms with van der Waals surface area (Å²) in [6.07, 6.45) is 1.74. The van der Waals surface area contributed by atoms with Crippen molar-refractivity contribution >= 4 is 22.6 Å². The Morgan fingerprint density at radius 3 is 2.82 bits per heavy atom. The van der Waals surface area contributed by atoms with Crippen LogP contribution in [0.1, 0.15) is 11.6 Å². The topological polar surface area (TPSA) is 26.0 Å². The molecule has 1 rings (SSSR count). The Morgan fingerprint density at radius 1 is 1.55 bits per heavy atom. The van der Waals surface area contributed by atoms with E-state index in [-0.39, 0.29) is 6.04 Å². The van der Waals surface area contributed by atoms with E-state index < -0.39 is 0 Å². The van der Waals surface area contributed by atoms with Crippen LogP contribution in [0.2, 0.25) is 0 Å². The van der Waals surface area contributed by atoms with Crippen LogP contribution in [0.5, 0.6) is 0 Å². The first-order valence-electron chi connectivity index (χ1n) is 3.37. The number of benzene rings is 1. The number of nitrogens with two attached hydrogens (primary N) is 1. The van der Waals surface area contributed by atoms with Crippen LogP contribution >= 0.6 is 22.6 Å². The van der Waals surface area contributed by atoms with Crippen molar-refractivity contribution in [1.29, 1.82) is 0 Å². The van der Waals surface area contributed by atoms with Crippen molar-refractivity contribution in [2.75, 3.05) is 0 Å². The van der Waals surface area contributed by atoms with Gasteiger partial charge in [-0.15, -0.1) is 6.58 Å². The third-order valence-corrected chi connectivity index (χ3v) is 2.16. The van der Waals surface area contributed by atoms with Crippen LogP contribution < -0.4 is 5.73 Å². The maximum atomic E-state index is 5.74. The molecule has 0 amide bonds. The first-order valence-corrected chi connectivity index (χ1v) is 4.45. The molecule has 1 aromatic carbocycles. The van der Waals surface area contributed by atoms with Crippen LogP contribution in [0.4, 0.5) is 0 Å². The molecule has 11 heavy (non-hydrogen) atoms.